The third kappa shape index (κ3) is 6.63. The number of para-hydroxylation sites is 3. The van der Waals surface area contributed by atoms with E-state index >= 15 is 0 Å². The van der Waals surface area contributed by atoms with E-state index in [0.29, 0.717) is 11.5 Å². The summed E-state index contributed by atoms with van der Waals surface area (Å²) in [5, 5.41) is 2.55. The molecule has 4 rings (SSSR count). The largest absolute Gasteiger partial charge is 0.864 e. The highest BCUT2D eigenvalue weighted by atomic mass is 31.1. The monoisotopic (exact) mass is 454 g/mol. The Bertz CT molecular complexity index is 1050. The lowest BCUT2D eigenvalue weighted by Crippen LogP contribution is -2.38. The van der Waals surface area contributed by atoms with Crippen molar-refractivity contribution in [2.24, 2.45) is 0 Å². The van der Waals surface area contributed by atoms with Crippen molar-refractivity contribution in [1.82, 2.24) is 0 Å². The first-order valence-electron chi connectivity index (χ1n) is 11.3. The molecule has 0 aliphatic heterocycles. The Hall–Kier alpha value is -3.23. The zero-order chi connectivity index (χ0) is 22.7. The molecule has 0 saturated heterocycles. The van der Waals surface area contributed by atoms with Gasteiger partial charge in [0, 0.05) is 5.30 Å². The third-order valence-corrected chi connectivity index (χ3v) is 7.77. The Morgan fingerprint density at radius 1 is 0.606 bits per heavy atom. The first-order valence-corrected chi connectivity index (χ1v) is 12.9. The van der Waals surface area contributed by atoms with Crippen LogP contribution in [0.1, 0.15) is 19.8 Å². The lowest BCUT2D eigenvalue weighted by Gasteiger charge is -2.23. The summed E-state index contributed by atoms with van der Waals surface area (Å²) in [7, 11) is -1.48. The first-order chi connectivity index (χ1) is 16.3. The van der Waals surface area contributed by atoms with Gasteiger partial charge in [-0.15, -0.1) is 0 Å². The third-order valence-electron chi connectivity index (χ3n) is 5.13. The van der Waals surface area contributed by atoms with Gasteiger partial charge >= 0.3 is 7.32 Å². The first kappa shape index (κ1) is 23.0. The van der Waals surface area contributed by atoms with Crippen LogP contribution in [0.5, 0.6) is 17.2 Å². The fraction of sp³-hybridized carbons (Fsp3) is 0.143. The van der Waals surface area contributed by atoms with Gasteiger partial charge in [-0.25, -0.2) is 0 Å². The summed E-state index contributed by atoms with van der Waals surface area (Å²) in [6.07, 6.45) is 3.44. The van der Waals surface area contributed by atoms with Gasteiger partial charge in [0.15, 0.2) is 0 Å². The zero-order valence-corrected chi connectivity index (χ0v) is 19.7. The molecule has 166 valence electrons. The van der Waals surface area contributed by atoms with Crippen LogP contribution in [0.3, 0.4) is 0 Å². The Balaban J connectivity index is 1.64. The zero-order valence-electron chi connectivity index (χ0n) is 18.8. The minimum atomic E-state index is -0.922. The van der Waals surface area contributed by atoms with E-state index in [0.717, 1.165) is 18.3 Å². The molecule has 0 amide bonds. The second-order valence-electron chi connectivity index (χ2n) is 7.58. The van der Waals surface area contributed by atoms with Crippen LogP contribution in [-0.4, -0.2) is 13.5 Å². The van der Waals surface area contributed by atoms with Crippen LogP contribution in [0, 0.1) is 0 Å². The lowest BCUT2D eigenvalue weighted by atomic mass is 10.2. The number of rotatable bonds is 11. The summed E-state index contributed by atoms with van der Waals surface area (Å²) in [6.45, 7) is 2.23. The van der Waals surface area contributed by atoms with Crippen LogP contribution in [0.4, 0.5) is 0 Å². The van der Waals surface area contributed by atoms with Crippen molar-refractivity contribution in [3.63, 3.8) is 0 Å². The van der Waals surface area contributed by atoms with Crippen molar-refractivity contribution in [2.75, 3.05) is 6.16 Å². The Morgan fingerprint density at radius 3 is 1.70 bits per heavy atom. The van der Waals surface area contributed by atoms with E-state index in [1.807, 2.05) is 72.8 Å². The summed E-state index contributed by atoms with van der Waals surface area (Å²) in [6, 6.07) is 38.2. The highest BCUT2D eigenvalue weighted by Gasteiger charge is 2.32. The van der Waals surface area contributed by atoms with Gasteiger partial charge in [0.05, 0.1) is 0 Å². The molecule has 0 saturated carbocycles. The van der Waals surface area contributed by atoms with Gasteiger partial charge in [-0.2, -0.15) is 0 Å². The predicted octanol–water partition coefficient (Wildman–Crippen LogP) is 6.44. The summed E-state index contributed by atoms with van der Waals surface area (Å²) >= 11 is 0. The van der Waals surface area contributed by atoms with Gasteiger partial charge in [0.2, 0.25) is 0 Å². The molecule has 0 aromatic heterocycles. The van der Waals surface area contributed by atoms with Crippen molar-refractivity contribution in [3.8, 4) is 17.2 Å². The van der Waals surface area contributed by atoms with E-state index in [-0.39, 0.29) is 0 Å². The van der Waals surface area contributed by atoms with Gasteiger partial charge in [0.25, 0.3) is 0 Å². The van der Waals surface area contributed by atoms with E-state index in [1.54, 1.807) is 0 Å². The van der Waals surface area contributed by atoms with Crippen LogP contribution in [0.15, 0.2) is 115 Å². The average molecular weight is 454 g/mol. The van der Waals surface area contributed by atoms with E-state index in [4.69, 9.17) is 14.0 Å². The molecule has 4 aromatic carbocycles. The van der Waals surface area contributed by atoms with Crippen molar-refractivity contribution in [2.45, 2.75) is 19.8 Å². The highest BCUT2D eigenvalue weighted by molar-refractivity contribution is 7.73. The van der Waals surface area contributed by atoms with E-state index in [1.165, 1.54) is 17.0 Å². The summed E-state index contributed by atoms with van der Waals surface area (Å²) in [4.78, 5) is 0. The summed E-state index contributed by atoms with van der Waals surface area (Å²) in [5.74, 6) is 2.17. The Kier molecular flexibility index (Phi) is 8.44. The van der Waals surface area contributed by atoms with Crippen molar-refractivity contribution >= 4 is 25.9 Å². The standard InChI is InChI=1S/C28H28BO3P/c1-2-3-23-33(26-19-11-6-12-20-26)28-22-14-13-21-27(28)32-29(30-24-15-7-4-8-16-24)31-25-17-9-5-10-18-25/h4-22H,2-3,23H2,1H3. The average Bonchev–Trinajstić information content (AvgIpc) is 2.87. The fourth-order valence-electron chi connectivity index (χ4n) is 3.49. The molecule has 0 heterocycles. The molecule has 0 aliphatic rings. The Labute approximate surface area is 198 Å². The molecule has 0 bridgehead atoms. The molecule has 5 heteroatoms. The van der Waals surface area contributed by atoms with Crippen LogP contribution in [0.25, 0.3) is 0 Å². The van der Waals surface area contributed by atoms with Gasteiger partial charge in [-0.05, 0) is 56.1 Å². The Morgan fingerprint density at radius 2 is 1.12 bits per heavy atom. The number of hydrogen-bond donors (Lipinski definition) is 0. The van der Waals surface area contributed by atoms with Crippen LogP contribution < -0.4 is 24.6 Å². The summed E-state index contributed by atoms with van der Waals surface area (Å²) in [5.41, 5.74) is 0. The minimum Gasteiger partial charge on any atom is -0.490 e. The molecule has 0 radical (unpaired) electrons. The molecule has 1 unspecified atom stereocenters. The van der Waals surface area contributed by atoms with Crippen molar-refractivity contribution < 1.29 is 14.0 Å². The predicted molar refractivity (Wildman–Crippen MR) is 139 cm³/mol. The van der Waals surface area contributed by atoms with E-state index in [2.05, 4.69) is 49.4 Å². The molecular weight excluding hydrogens is 426 g/mol. The van der Waals surface area contributed by atoms with Gasteiger partial charge < -0.3 is 14.0 Å². The quantitative estimate of drug-likeness (QED) is 0.193. The fourth-order valence-corrected chi connectivity index (χ4v) is 6.09. The number of benzene rings is 4. The maximum Gasteiger partial charge on any atom is 0.864 e. The van der Waals surface area contributed by atoms with Crippen molar-refractivity contribution in [1.29, 1.82) is 0 Å². The molecular formula is C28H28BO3P. The number of hydrogen-bond acceptors (Lipinski definition) is 3. The highest BCUT2D eigenvalue weighted by Crippen LogP contribution is 2.38. The topological polar surface area (TPSA) is 27.7 Å². The normalized spacial score (nSPS) is 11.4. The minimum absolute atomic E-state index is 0.563. The van der Waals surface area contributed by atoms with Gasteiger partial charge in [0.1, 0.15) is 17.2 Å². The molecule has 0 spiro atoms. The smallest absolute Gasteiger partial charge is 0.490 e. The van der Waals surface area contributed by atoms with E-state index < -0.39 is 15.2 Å². The lowest BCUT2D eigenvalue weighted by molar-refractivity contribution is 0.308. The molecule has 3 nitrogen and oxygen atoms in total. The molecule has 0 fully saturated rings. The SMILES string of the molecule is CCCCP(c1ccccc1)c1ccccc1OB(Oc1ccccc1)Oc1ccccc1. The van der Waals surface area contributed by atoms with Crippen molar-refractivity contribution in [3.05, 3.63) is 115 Å². The molecule has 0 N–H and O–H groups in total. The number of unbranched alkanes of at least 4 members (excludes halogenated alkanes) is 1. The molecule has 33 heavy (non-hydrogen) atoms. The van der Waals surface area contributed by atoms with Crippen LogP contribution in [0.2, 0.25) is 0 Å². The molecule has 4 aromatic rings. The maximum absolute atomic E-state index is 6.41. The second-order valence-corrected chi connectivity index (χ2v) is 9.88. The maximum atomic E-state index is 6.41. The molecule has 1 atom stereocenters. The second kappa shape index (κ2) is 12.1. The molecule has 0 aliphatic carbocycles. The summed E-state index contributed by atoms with van der Waals surface area (Å²) < 4.78 is 18.6. The van der Waals surface area contributed by atoms with Gasteiger partial charge in [-0.1, -0.05) is 98.3 Å². The van der Waals surface area contributed by atoms with E-state index in [9.17, 15) is 0 Å². The van der Waals surface area contributed by atoms with Crippen LogP contribution in [-0.2, 0) is 0 Å². The van der Waals surface area contributed by atoms with Gasteiger partial charge in [-0.3, -0.25) is 0 Å². The van der Waals surface area contributed by atoms with Crippen LogP contribution >= 0.6 is 7.92 Å².